The average Bonchev–Trinajstić information content (AvgIpc) is 1.00. The van der Waals surface area contributed by atoms with Gasteiger partial charge < -0.3 is 0 Å². The first-order chi connectivity index (χ1) is 1.00. The van der Waals surface area contributed by atoms with E-state index in [9.17, 15) is 0 Å². The summed E-state index contributed by atoms with van der Waals surface area (Å²) < 4.78 is 0. The molecule has 0 fully saturated rings. The van der Waals surface area contributed by atoms with Crippen LogP contribution >= 0.6 is 11.1 Å². The van der Waals surface area contributed by atoms with E-state index in [1.54, 1.807) is 0 Å². The smallest absolute Gasteiger partial charge is 0.109 e. The first-order valence-corrected chi connectivity index (χ1v) is 3.40. The molecule has 2 heteroatoms. The van der Waals surface area contributed by atoms with Crippen LogP contribution in [-0.4, -0.2) is 9.55 Å². The molecule has 0 bridgehead atoms. The van der Waals surface area contributed by atoms with E-state index in [1.807, 2.05) is 0 Å². The molecule has 0 saturated heterocycles. The molecular formula is C2H11ClSi. The lowest BCUT2D eigenvalue weighted by molar-refractivity contribution is 2.50. The third kappa shape index (κ3) is 22.2. The van der Waals surface area contributed by atoms with Gasteiger partial charge in [-0.25, -0.2) is 0 Å². The van der Waals surface area contributed by atoms with Gasteiger partial charge in [-0.1, -0.05) is 14.9 Å². The highest BCUT2D eigenvalue weighted by atomic mass is 35.6. The number of halogens is 1. The van der Waals surface area contributed by atoms with Gasteiger partial charge in [-0.2, -0.15) is 11.1 Å². The summed E-state index contributed by atoms with van der Waals surface area (Å²) in [7, 11) is 0.778. The summed E-state index contributed by atoms with van der Waals surface area (Å²) in [5.41, 5.74) is 0. The molecule has 0 saturated carbocycles. The lowest BCUT2D eigenvalue weighted by Crippen LogP contribution is -0.980. The number of hydrogen-bond acceptors (Lipinski definition) is 0. The van der Waals surface area contributed by atoms with Gasteiger partial charge in [0.15, 0.2) is 0 Å². The Morgan fingerprint density at radius 3 is 1.00 bits per heavy atom. The molecule has 0 aliphatic carbocycles. The van der Waals surface area contributed by atoms with Crippen LogP contribution in [0.2, 0.25) is 0 Å². The van der Waals surface area contributed by atoms with Crippen molar-refractivity contribution in [3.05, 3.63) is 0 Å². The maximum Gasteiger partial charge on any atom is 0.109 e. The van der Waals surface area contributed by atoms with E-state index < -0.39 is 0 Å². The van der Waals surface area contributed by atoms with Gasteiger partial charge in [-0.05, 0) is 0 Å². The van der Waals surface area contributed by atoms with E-state index in [4.69, 9.17) is 11.1 Å². The van der Waals surface area contributed by atoms with Crippen molar-refractivity contribution in [2.75, 3.05) is 0 Å². The van der Waals surface area contributed by atoms with Gasteiger partial charge in [0.05, 0.1) is 0 Å². The van der Waals surface area contributed by atoms with Gasteiger partial charge in [-0.15, -0.1) is 0 Å². The van der Waals surface area contributed by atoms with Crippen LogP contribution in [0.25, 0.3) is 0 Å². The molecule has 0 aromatic rings. The number of hydrogen-bond donors (Lipinski definition) is 0. The van der Waals surface area contributed by atoms with Crippen molar-refractivity contribution in [3.63, 3.8) is 0 Å². The van der Waals surface area contributed by atoms with Crippen molar-refractivity contribution in [2.45, 2.75) is 14.9 Å². The Kier molecular flexibility index (Phi) is 523. The Balaban J connectivity index is -0.00000000500. The Labute approximate surface area is 36.3 Å². The Bertz CT molecular complexity index is 6.00. The quantitative estimate of drug-likeness (QED) is 0.310. The van der Waals surface area contributed by atoms with Gasteiger partial charge in [0, 0.05) is 0 Å². The van der Waals surface area contributed by atoms with Crippen LogP contribution in [0, 0.1) is 0 Å². The summed E-state index contributed by atoms with van der Waals surface area (Å²) in [6.07, 6.45) is 0. The van der Waals surface area contributed by atoms with Crippen molar-refractivity contribution in [1.29, 1.82) is 0 Å². The monoisotopic (exact) mass is 98.0 g/mol. The summed E-state index contributed by atoms with van der Waals surface area (Å²) in [6.45, 7) is 0. The fourth-order valence-electron chi connectivity index (χ4n) is 0. The van der Waals surface area contributed by atoms with Crippen LogP contribution < -0.4 is 0 Å². The molecule has 0 aromatic heterocycles. The Morgan fingerprint density at radius 2 is 1.00 bits per heavy atom. The van der Waals surface area contributed by atoms with E-state index in [0.717, 1.165) is 9.55 Å². The van der Waals surface area contributed by atoms with Crippen LogP contribution in [0.15, 0.2) is 0 Å². The van der Waals surface area contributed by atoms with Crippen LogP contribution in [0.5, 0.6) is 0 Å². The second-order valence-corrected chi connectivity index (χ2v) is 0. The highest BCUT2D eigenvalue weighted by Gasteiger charge is 0.975. The van der Waals surface area contributed by atoms with Crippen molar-refractivity contribution >= 4 is 20.6 Å². The lowest BCUT2D eigenvalue weighted by atomic mass is 12.0. The minimum absolute atomic E-state index is 0. The molecular weight excluding hydrogens is 87.6 g/mol. The molecule has 0 rings (SSSR count). The third-order valence-electron chi connectivity index (χ3n) is 0. The van der Waals surface area contributed by atoms with Gasteiger partial charge in [-0.3, -0.25) is 0 Å². The van der Waals surface area contributed by atoms with E-state index in [0.29, 0.717) is 0 Å². The van der Waals surface area contributed by atoms with Crippen LogP contribution in [0.3, 0.4) is 0 Å². The topological polar surface area (TPSA) is 0 Å². The normalized spacial score (nSPS) is 2.25. The molecule has 0 radical (unpaired) electrons. The molecule has 4 heavy (non-hydrogen) atoms. The first-order valence-electron chi connectivity index (χ1n) is 0.378. The second-order valence-electron chi connectivity index (χ2n) is 0. The fraction of sp³-hybridized carbons (Fsp3) is 1.00. The van der Waals surface area contributed by atoms with Crippen molar-refractivity contribution in [3.8, 4) is 0 Å². The number of rotatable bonds is 0. The van der Waals surface area contributed by atoms with E-state index in [1.165, 1.54) is 0 Å². The zero-order valence-corrected chi connectivity index (χ0v) is 4.13. The first kappa shape index (κ1) is 24.4. The summed E-state index contributed by atoms with van der Waals surface area (Å²) in [5, 5.41) is 0. The van der Waals surface area contributed by atoms with E-state index in [2.05, 4.69) is 0 Å². The summed E-state index contributed by atoms with van der Waals surface area (Å²) in [5.74, 6) is 0. The SMILES string of the molecule is C.C.[SiH3]Cl. The van der Waals surface area contributed by atoms with Crippen LogP contribution in [0.1, 0.15) is 14.9 Å². The zero-order chi connectivity index (χ0) is 2.00. The van der Waals surface area contributed by atoms with Gasteiger partial charge in [0.1, 0.15) is 9.55 Å². The Morgan fingerprint density at radius 1 is 1.00 bits per heavy atom. The average molecular weight is 98.6 g/mol. The minimum Gasteiger partial charge on any atom is -0.181 e. The van der Waals surface area contributed by atoms with Gasteiger partial charge in [0.2, 0.25) is 0 Å². The zero-order valence-electron chi connectivity index (χ0n) is 1.38. The molecule has 0 unspecified atom stereocenters. The van der Waals surface area contributed by atoms with E-state index >= 15 is 0 Å². The Hall–Kier alpha value is 0.507. The van der Waals surface area contributed by atoms with Crippen molar-refractivity contribution in [1.82, 2.24) is 0 Å². The molecule has 0 aromatic carbocycles. The standard InChI is InChI=1S/2CH4.ClH3Si/c;;1-2/h2*1H4;2H3. The fourth-order valence-corrected chi connectivity index (χ4v) is 0. The van der Waals surface area contributed by atoms with Crippen molar-refractivity contribution < 1.29 is 0 Å². The second kappa shape index (κ2) is 85.8. The van der Waals surface area contributed by atoms with E-state index in [-0.39, 0.29) is 14.9 Å². The maximum absolute atomic E-state index is 4.78. The molecule has 0 heterocycles. The molecule has 0 aliphatic rings. The summed E-state index contributed by atoms with van der Waals surface area (Å²) in [6, 6.07) is 0. The molecule has 0 N–H and O–H groups in total. The third-order valence-corrected chi connectivity index (χ3v) is 0. The highest BCUT2D eigenvalue weighted by molar-refractivity contribution is 6.80. The van der Waals surface area contributed by atoms with Crippen LogP contribution in [-0.2, 0) is 0 Å². The molecule has 0 nitrogen and oxygen atoms in total. The molecule has 30 valence electrons. The van der Waals surface area contributed by atoms with Crippen LogP contribution in [0.4, 0.5) is 0 Å². The molecule has 0 amide bonds. The largest absolute Gasteiger partial charge is 0.181 e. The van der Waals surface area contributed by atoms with Crippen molar-refractivity contribution in [2.24, 2.45) is 0 Å². The highest BCUT2D eigenvalue weighted by Crippen LogP contribution is 1.29. The predicted molar refractivity (Wildman–Crippen MR) is 29.3 cm³/mol. The minimum atomic E-state index is 0. The summed E-state index contributed by atoms with van der Waals surface area (Å²) in [4.78, 5) is 0. The molecule has 0 spiro atoms. The summed E-state index contributed by atoms with van der Waals surface area (Å²) >= 11 is 4.78. The molecule has 0 atom stereocenters. The van der Waals surface area contributed by atoms with Gasteiger partial charge in [0.25, 0.3) is 0 Å². The lowest BCUT2D eigenvalue weighted by Gasteiger charge is -1.05. The molecule has 0 aliphatic heterocycles. The maximum atomic E-state index is 4.78. The van der Waals surface area contributed by atoms with Gasteiger partial charge >= 0.3 is 0 Å². The predicted octanol–water partition coefficient (Wildman–Crippen LogP) is 0.778.